The lowest BCUT2D eigenvalue weighted by Gasteiger charge is -2.23. The van der Waals surface area contributed by atoms with Gasteiger partial charge in [-0.3, -0.25) is 15.0 Å². The van der Waals surface area contributed by atoms with Crippen LogP contribution in [0.15, 0.2) is 18.2 Å². The monoisotopic (exact) mass is 263 g/mol. The summed E-state index contributed by atoms with van der Waals surface area (Å²) in [6.07, 6.45) is 2.45. The number of likely N-dealkylation sites (tertiary alicyclic amines) is 1. The van der Waals surface area contributed by atoms with Crippen molar-refractivity contribution in [2.45, 2.75) is 32.7 Å². The van der Waals surface area contributed by atoms with Crippen LogP contribution in [-0.4, -0.2) is 35.5 Å². The second-order valence-corrected chi connectivity index (χ2v) is 5.06. The Morgan fingerprint density at radius 2 is 2.32 bits per heavy atom. The van der Waals surface area contributed by atoms with E-state index in [4.69, 9.17) is 0 Å². The van der Waals surface area contributed by atoms with Crippen molar-refractivity contribution in [3.8, 4) is 0 Å². The zero-order valence-electron chi connectivity index (χ0n) is 11.6. The van der Waals surface area contributed by atoms with Gasteiger partial charge in [0.15, 0.2) is 0 Å². The maximum absolute atomic E-state index is 10.8. The van der Waals surface area contributed by atoms with Gasteiger partial charge >= 0.3 is 0 Å². The van der Waals surface area contributed by atoms with E-state index < -0.39 is 0 Å². The quantitative estimate of drug-likeness (QED) is 0.655. The van der Waals surface area contributed by atoms with Crippen LogP contribution in [0.3, 0.4) is 0 Å². The molecule has 0 amide bonds. The fourth-order valence-corrected chi connectivity index (χ4v) is 2.68. The lowest BCUT2D eigenvalue weighted by atomic mass is 10.1. The number of hydrogen-bond donors (Lipinski definition) is 1. The highest BCUT2D eigenvalue weighted by atomic mass is 16.6. The minimum Gasteiger partial charge on any atom is -0.383 e. The predicted molar refractivity (Wildman–Crippen MR) is 76.6 cm³/mol. The van der Waals surface area contributed by atoms with Gasteiger partial charge in [-0.1, -0.05) is 13.0 Å². The Morgan fingerprint density at radius 1 is 1.53 bits per heavy atom. The number of benzene rings is 1. The van der Waals surface area contributed by atoms with Crippen LogP contribution in [-0.2, 0) is 0 Å². The minimum atomic E-state index is -0.349. The Bertz CT molecular complexity index is 462. The number of rotatable bonds is 5. The molecule has 0 aliphatic carbocycles. The van der Waals surface area contributed by atoms with Gasteiger partial charge in [-0.05, 0) is 38.4 Å². The molecule has 0 aromatic heterocycles. The second kappa shape index (κ2) is 6.02. The zero-order valence-corrected chi connectivity index (χ0v) is 11.6. The first kappa shape index (κ1) is 13.8. The normalized spacial score (nSPS) is 19.6. The van der Waals surface area contributed by atoms with Gasteiger partial charge in [0.1, 0.15) is 0 Å². The molecule has 1 saturated heterocycles. The van der Waals surface area contributed by atoms with Crippen LogP contribution >= 0.6 is 0 Å². The molecule has 1 N–H and O–H groups in total. The van der Waals surface area contributed by atoms with Crippen molar-refractivity contribution in [2.75, 3.05) is 25.0 Å². The van der Waals surface area contributed by atoms with E-state index >= 15 is 0 Å². The van der Waals surface area contributed by atoms with Crippen molar-refractivity contribution >= 4 is 11.4 Å². The van der Waals surface area contributed by atoms with Gasteiger partial charge < -0.3 is 5.32 Å². The summed E-state index contributed by atoms with van der Waals surface area (Å²) in [7, 11) is 0. The first-order chi connectivity index (χ1) is 9.11. The number of hydrogen-bond acceptors (Lipinski definition) is 4. The van der Waals surface area contributed by atoms with Crippen LogP contribution in [0, 0.1) is 17.0 Å². The molecule has 0 saturated carbocycles. The highest BCUT2D eigenvalue weighted by Crippen LogP contribution is 2.23. The standard InChI is InChI=1S/C14H21N3O2/c1-3-16-8-4-5-13(16)10-15-14-9-12(17(18)19)7-6-11(14)2/h6-7,9,13,15H,3-5,8,10H2,1-2H3. The van der Waals surface area contributed by atoms with Gasteiger partial charge in [0.2, 0.25) is 0 Å². The summed E-state index contributed by atoms with van der Waals surface area (Å²) in [6.45, 7) is 7.24. The van der Waals surface area contributed by atoms with Crippen LogP contribution in [0.4, 0.5) is 11.4 Å². The van der Waals surface area contributed by atoms with Gasteiger partial charge in [0.05, 0.1) is 4.92 Å². The Hall–Kier alpha value is -1.62. The Morgan fingerprint density at radius 3 is 3.00 bits per heavy atom. The summed E-state index contributed by atoms with van der Waals surface area (Å²) >= 11 is 0. The number of anilines is 1. The number of nitro benzene ring substituents is 1. The average Bonchev–Trinajstić information content (AvgIpc) is 2.85. The smallest absolute Gasteiger partial charge is 0.271 e. The molecule has 0 bridgehead atoms. The molecule has 104 valence electrons. The first-order valence-corrected chi connectivity index (χ1v) is 6.84. The Labute approximate surface area is 113 Å². The van der Waals surface area contributed by atoms with Crippen LogP contribution in [0.5, 0.6) is 0 Å². The minimum absolute atomic E-state index is 0.145. The van der Waals surface area contributed by atoms with Gasteiger partial charge in [0, 0.05) is 30.4 Å². The van der Waals surface area contributed by atoms with Gasteiger partial charge in [-0.15, -0.1) is 0 Å². The number of non-ortho nitro benzene ring substituents is 1. The van der Waals surface area contributed by atoms with E-state index in [2.05, 4.69) is 17.1 Å². The van der Waals surface area contributed by atoms with E-state index in [9.17, 15) is 10.1 Å². The van der Waals surface area contributed by atoms with Crippen LogP contribution < -0.4 is 5.32 Å². The van der Waals surface area contributed by atoms with E-state index in [1.54, 1.807) is 18.2 Å². The van der Waals surface area contributed by atoms with E-state index in [1.165, 1.54) is 12.8 Å². The lowest BCUT2D eigenvalue weighted by molar-refractivity contribution is -0.384. The molecule has 0 radical (unpaired) electrons. The highest BCUT2D eigenvalue weighted by molar-refractivity contribution is 5.56. The van der Waals surface area contributed by atoms with Crippen molar-refractivity contribution < 1.29 is 4.92 Å². The molecule has 1 aromatic rings. The van der Waals surface area contributed by atoms with E-state index in [0.29, 0.717) is 6.04 Å². The van der Waals surface area contributed by atoms with E-state index in [1.807, 2.05) is 6.92 Å². The van der Waals surface area contributed by atoms with Crippen molar-refractivity contribution in [3.05, 3.63) is 33.9 Å². The Balaban J connectivity index is 2.02. The topological polar surface area (TPSA) is 58.4 Å². The highest BCUT2D eigenvalue weighted by Gasteiger charge is 2.22. The summed E-state index contributed by atoms with van der Waals surface area (Å²) in [5.41, 5.74) is 2.07. The SMILES string of the molecule is CCN1CCCC1CNc1cc([N+](=O)[O-])ccc1C. The molecule has 1 aliphatic rings. The molecule has 5 heteroatoms. The van der Waals surface area contributed by atoms with Gasteiger partial charge in [-0.25, -0.2) is 0 Å². The molecule has 2 rings (SSSR count). The third-order valence-corrected chi connectivity index (χ3v) is 3.87. The number of nitrogens with one attached hydrogen (secondary N) is 1. The number of nitro groups is 1. The van der Waals surface area contributed by atoms with Crippen molar-refractivity contribution in [2.24, 2.45) is 0 Å². The lowest BCUT2D eigenvalue weighted by Crippen LogP contribution is -2.34. The predicted octanol–water partition coefficient (Wildman–Crippen LogP) is 2.80. The van der Waals surface area contributed by atoms with E-state index in [0.717, 1.165) is 30.9 Å². The molecule has 0 spiro atoms. The maximum atomic E-state index is 10.8. The summed E-state index contributed by atoms with van der Waals surface area (Å²) in [5.74, 6) is 0. The van der Waals surface area contributed by atoms with Crippen LogP contribution in [0.1, 0.15) is 25.3 Å². The molecule has 5 nitrogen and oxygen atoms in total. The second-order valence-electron chi connectivity index (χ2n) is 5.06. The number of nitrogens with zero attached hydrogens (tertiary/aromatic N) is 2. The van der Waals surface area contributed by atoms with Gasteiger partial charge in [0.25, 0.3) is 5.69 Å². The van der Waals surface area contributed by atoms with Crippen molar-refractivity contribution in [1.82, 2.24) is 4.90 Å². The van der Waals surface area contributed by atoms with Crippen molar-refractivity contribution in [3.63, 3.8) is 0 Å². The summed E-state index contributed by atoms with van der Waals surface area (Å²) in [5, 5.41) is 14.2. The van der Waals surface area contributed by atoms with Gasteiger partial charge in [-0.2, -0.15) is 0 Å². The largest absolute Gasteiger partial charge is 0.383 e. The third-order valence-electron chi connectivity index (χ3n) is 3.87. The first-order valence-electron chi connectivity index (χ1n) is 6.84. The molecule has 1 atom stereocenters. The molecule has 1 fully saturated rings. The summed E-state index contributed by atoms with van der Waals surface area (Å²) < 4.78 is 0. The van der Waals surface area contributed by atoms with Crippen LogP contribution in [0.25, 0.3) is 0 Å². The van der Waals surface area contributed by atoms with E-state index in [-0.39, 0.29) is 10.6 Å². The molecule has 1 aliphatic heterocycles. The maximum Gasteiger partial charge on any atom is 0.271 e. The average molecular weight is 263 g/mol. The third kappa shape index (κ3) is 3.23. The number of likely N-dealkylation sites (N-methyl/N-ethyl adjacent to an activating group) is 1. The number of aryl methyl sites for hydroxylation is 1. The fourth-order valence-electron chi connectivity index (χ4n) is 2.68. The zero-order chi connectivity index (χ0) is 13.8. The summed E-state index contributed by atoms with van der Waals surface area (Å²) in [6, 6.07) is 5.52. The molecule has 1 unspecified atom stereocenters. The van der Waals surface area contributed by atoms with Crippen molar-refractivity contribution in [1.29, 1.82) is 0 Å². The summed E-state index contributed by atoms with van der Waals surface area (Å²) in [4.78, 5) is 12.9. The molecule has 1 aromatic carbocycles. The molecular weight excluding hydrogens is 242 g/mol. The molecule has 19 heavy (non-hydrogen) atoms. The van der Waals surface area contributed by atoms with Crippen LogP contribution in [0.2, 0.25) is 0 Å². The fraction of sp³-hybridized carbons (Fsp3) is 0.571. The molecular formula is C14H21N3O2. The molecule has 1 heterocycles. The Kier molecular flexibility index (Phi) is 4.37.